The average molecular weight is 179 g/mol. The molecule has 2 fully saturated rings. The van der Waals surface area contributed by atoms with Gasteiger partial charge in [-0.25, -0.2) is 0 Å². The molecule has 0 radical (unpaired) electrons. The van der Waals surface area contributed by atoms with Gasteiger partial charge in [-0.3, -0.25) is 0 Å². The Morgan fingerprint density at radius 2 is 2.23 bits per heavy atom. The summed E-state index contributed by atoms with van der Waals surface area (Å²) in [7, 11) is 0. The second kappa shape index (κ2) is 2.17. The van der Waals surface area contributed by atoms with Crippen molar-refractivity contribution in [2.45, 2.75) is 33.1 Å². The number of carbonyl (C=O) groups is 1. The van der Waals surface area contributed by atoms with E-state index in [1.165, 1.54) is 0 Å². The van der Waals surface area contributed by atoms with Gasteiger partial charge in [0, 0.05) is 5.41 Å². The van der Waals surface area contributed by atoms with Gasteiger partial charge in [-0.2, -0.15) is 0 Å². The molecule has 0 amide bonds. The number of carboxylic acids is 1. The molecule has 72 valence electrons. The van der Waals surface area contributed by atoms with Crippen LogP contribution in [0.3, 0.4) is 0 Å². The Morgan fingerprint density at radius 3 is 2.54 bits per heavy atom. The lowest BCUT2D eigenvalue weighted by Gasteiger charge is -2.38. The van der Waals surface area contributed by atoms with Crippen molar-refractivity contribution in [1.82, 2.24) is 0 Å². The Morgan fingerprint density at radius 1 is 1.62 bits per heavy atom. The zero-order valence-corrected chi connectivity index (χ0v) is 8.22. The summed E-state index contributed by atoms with van der Waals surface area (Å²) in [5.74, 6) is -0.413. The lowest BCUT2D eigenvalue weighted by Crippen LogP contribution is -2.42. The van der Waals surface area contributed by atoms with Crippen molar-refractivity contribution in [2.24, 2.45) is 16.7 Å². The maximum absolute atomic E-state index is 11.1. The van der Waals surface area contributed by atoms with Crippen molar-refractivity contribution >= 4 is 5.97 Å². The van der Waals surface area contributed by atoms with Crippen LogP contribution in [-0.2, 0) is 4.79 Å². The van der Waals surface area contributed by atoms with Crippen LogP contribution in [0.15, 0.2) is 12.2 Å². The summed E-state index contributed by atoms with van der Waals surface area (Å²) in [5.41, 5.74) is 0.197. The van der Waals surface area contributed by atoms with E-state index >= 15 is 0 Å². The van der Waals surface area contributed by atoms with Gasteiger partial charge in [-0.15, -0.1) is 0 Å². The van der Waals surface area contributed by atoms with E-state index in [-0.39, 0.29) is 5.41 Å². The van der Waals surface area contributed by atoms with Crippen molar-refractivity contribution in [1.29, 1.82) is 0 Å². The summed E-state index contributed by atoms with van der Waals surface area (Å²) >= 11 is 0. The van der Waals surface area contributed by atoms with Crippen LogP contribution in [0, 0.1) is 16.7 Å². The largest absolute Gasteiger partial charge is 0.549 e. The number of fused-ring (bicyclic) bond motifs is 2. The first-order chi connectivity index (χ1) is 5.91. The predicted octanol–water partition coefficient (Wildman–Crippen LogP) is 1.12. The quantitative estimate of drug-likeness (QED) is 0.566. The fraction of sp³-hybridized carbons (Fsp3) is 0.727. The number of hydrogen-bond acceptors (Lipinski definition) is 2. The number of aliphatic carboxylic acids is 1. The van der Waals surface area contributed by atoms with Gasteiger partial charge >= 0.3 is 0 Å². The molecule has 0 aliphatic heterocycles. The SMILES string of the molecule is C=C1C2(C(=O)[O-])CCC(C2)C1(C)C. The molecular weight excluding hydrogens is 164 g/mol. The molecule has 0 spiro atoms. The third kappa shape index (κ3) is 0.812. The molecule has 0 N–H and O–H groups in total. The minimum atomic E-state index is -0.912. The first-order valence-corrected chi connectivity index (χ1v) is 4.82. The molecule has 2 aliphatic carbocycles. The van der Waals surface area contributed by atoms with Crippen LogP contribution in [-0.4, -0.2) is 5.97 Å². The highest BCUT2D eigenvalue weighted by Crippen LogP contribution is 2.65. The van der Waals surface area contributed by atoms with Gasteiger partial charge in [-0.05, 0) is 30.6 Å². The fourth-order valence-corrected chi connectivity index (χ4v) is 3.11. The minimum absolute atomic E-state index is 0.00167. The molecule has 2 nitrogen and oxygen atoms in total. The van der Waals surface area contributed by atoms with Crippen LogP contribution >= 0.6 is 0 Å². The third-order valence-corrected chi connectivity index (χ3v) is 4.28. The highest BCUT2D eigenvalue weighted by Gasteiger charge is 2.57. The topological polar surface area (TPSA) is 40.1 Å². The molecule has 0 saturated heterocycles. The van der Waals surface area contributed by atoms with Gasteiger partial charge in [0.25, 0.3) is 0 Å². The zero-order chi connectivity index (χ0) is 9.85. The van der Waals surface area contributed by atoms with Gasteiger partial charge in [0.2, 0.25) is 0 Å². The monoisotopic (exact) mass is 179 g/mol. The average Bonchev–Trinajstić information content (AvgIpc) is 2.53. The molecule has 0 aromatic carbocycles. The van der Waals surface area contributed by atoms with Gasteiger partial charge in [0.05, 0.1) is 5.97 Å². The molecule has 2 aliphatic rings. The Balaban J connectivity index is 2.46. The molecule has 2 heteroatoms. The minimum Gasteiger partial charge on any atom is -0.549 e. The standard InChI is InChI=1S/C11H16O2/c1-7-10(2,3)8-4-5-11(7,6-8)9(12)13/h8H,1,4-6H2,2-3H3,(H,12,13)/p-1. The molecule has 0 aromatic heterocycles. The maximum Gasteiger partial charge on any atom is 0.0517 e. The third-order valence-electron chi connectivity index (χ3n) is 4.28. The van der Waals surface area contributed by atoms with Gasteiger partial charge < -0.3 is 9.90 Å². The Hall–Kier alpha value is -0.790. The van der Waals surface area contributed by atoms with E-state index in [1.807, 2.05) is 0 Å². The van der Waals surface area contributed by atoms with E-state index in [0.717, 1.165) is 24.8 Å². The maximum atomic E-state index is 11.1. The van der Waals surface area contributed by atoms with Crippen LogP contribution in [0.1, 0.15) is 33.1 Å². The first kappa shape index (κ1) is 8.79. The molecule has 0 heterocycles. The van der Waals surface area contributed by atoms with Crippen molar-refractivity contribution in [3.8, 4) is 0 Å². The molecule has 2 rings (SSSR count). The van der Waals surface area contributed by atoms with Gasteiger partial charge in [0.1, 0.15) is 0 Å². The summed E-state index contributed by atoms with van der Waals surface area (Å²) in [6.07, 6.45) is 2.50. The van der Waals surface area contributed by atoms with Crippen molar-refractivity contribution in [2.75, 3.05) is 0 Å². The normalized spacial score (nSPS) is 41.1. The molecule has 2 saturated carbocycles. The summed E-state index contributed by atoms with van der Waals surface area (Å²) in [6, 6.07) is 0. The summed E-state index contributed by atoms with van der Waals surface area (Å²) in [5, 5.41) is 11.1. The number of hydrogen-bond donors (Lipinski definition) is 0. The summed E-state index contributed by atoms with van der Waals surface area (Å²) < 4.78 is 0. The number of carbonyl (C=O) groups excluding carboxylic acids is 1. The van der Waals surface area contributed by atoms with E-state index in [4.69, 9.17) is 0 Å². The first-order valence-electron chi connectivity index (χ1n) is 4.82. The zero-order valence-electron chi connectivity index (χ0n) is 8.22. The lowest BCUT2D eigenvalue weighted by molar-refractivity contribution is -0.316. The highest BCUT2D eigenvalue weighted by atomic mass is 16.4. The molecular formula is C11H15O2-. The van der Waals surface area contributed by atoms with Crippen LogP contribution < -0.4 is 5.11 Å². The van der Waals surface area contributed by atoms with Crippen molar-refractivity contribution < 1.29 is 9.90 Å². The second-order valence-corrected chi connectivity index (χ2v) is 5.01. The van der Waals surface area contributed by atoms with E-state index in [2.05, 4.69) is 20.4 Å². The Labute approximate surface area is 78.6 Å². The molecule has 2 bridgehead atoms. The van der Waals surface area contributed by atoms with Crippen LogP contribution in [0.25, 0.3) is 0 Å². The predicted molar refractivity (Wildman–Crippen MR) is 47.7 cm³/mol. The van der Waals surface area contributed by atoms with E-state index < -0.39 is 11.4 Å². The number of rotatable bonds is 1. The van der Waals surface area contributed by atoms with Crippen LogP contribution in [0.5, 0.6) is 0 Å². The fourth-order valence-electron chi connectivity index (χ4n) is 3.11. The number of carboxylic acid groups (broad SMARTS) is 1. The van der Waals surface area contributed by atoms with Crippen LogP contribution in [0.4, 0.5) is 0 Å². The Kier molecular flexibility index (Phi) is 1.47. The smallest absolute Gasteiger partial charge is 0.0517 e. The van der Waals surface area contributed by atoms with E-state index in [0.29, 0.717) is 5.92 Å². The second-order valence-electron chi connectivity index (χ2n) is 5.01. The molecule has 0 aromatic rings. The van der Waals surface area contributed by atoms with Crippen molar-refractivity contribution in [3.05, 3.63) is 12.2 Å². The van der Waals surface area contributed by atoms with Gasteiger partial charge in [-0.1, -0.05) is 26.0 Å². The van der Waals surface area contributed by atoms with Crippen LogP contribution in [0.2, 0.25) is 0 Å². The van der Waals surface area contributed by atoms with E-state index in [1.54, 1.807) is 0 Å². The molecule has 2 atom stereocenters. The molecule has 2 unspecified atom stereocenters. The summed E-state index contributed by atoms with van der Waals surface area (Å²) in [6.45, 7) is 8.16. The van der Waals surface area contributed by atoms with Gasteiger partial charge in [0.15, 0.2) is 0 Å². The Bertz CT molecular complexity index is 290. The summed E-state index contributed by atoms with van der Waals surface area (Å²) in [4.78, 5) is 11.1. The highest BCUT2D eigenvalue weighted by molar-refractivity contribution is 5.79. The van der Waals surface area contributed by atoms with Crippen molar-refractivity contribution in [3.63, 3.8) is 0 Å². The lowest BCUT2D eigenvalue weighted by atomic mass is 9.68. The molecule has 13 heavy (non-hydrogen) atoms. The van der Waals surface area contributed by atoms with E-state index in [9.17, 15) is 9.90 Å².